The Morgan fingerprint density at radius 3 is 2.79 bits per heavy atom. The number of hydrogen-bond acceptors (Lipinski definition) is 3. The highest BCUT2D eigenvalue weighted by Gasteiger charge is 2.16. The van der Waals surface area contributed by atoms with Gasteiger partial charge >= 0.3 is 0 Å². The van der Waals surface area contributed by atoms with Crippen LogP contribution in [0.5, 0.6) is 0 Å². The molecule has 102 valence electrons. The number of aromatic nitrogens is 1. The van der Waals surface area contributed by atoms with Gasteiger partial charge in [-0.1, -0.05) is 13.8 Å². The maximum atomic E-state index is 13.3. The Hall–Kier alpha value is -1.26. The number of aryl methyl sites for hydroxylation is 1. The average Bonchev–Trinajstić information content (AvgIpc) is 2.88. The molecule has 0 saturated heterocycles. The van der Waals surface area contributed by atoms with Crippen LogP contribution in [0.25, 0.3) is 0 Å². The molecule has 4 heteroatoms. The highest BCUT2D eigenvalue weighted by molar-refractivity contribution is 7.12. The molecular weight excluding hydrogens is 259 g/mol. The summed E-state index contributed by atoms with van der Waals surface area (Å²) in [6.45, 7) is 5.17. The van der Waals surface area contributed by atoms with Crippen LogP contribution in [0, 0.1) is 5.82 Å². The molecule has 0 radical (unpaired) electrons. The molecule has 19 heavy (non-hydrogen) atoms. The van der Waals surface area contributed by atoms with Crippen molar-refractivity contribution in [2.45, 2.75) is 32.7 Å². The maximum Gasteiger partial charge on any atom is 0.141 e. The molecule has 0 saturated carbocycles. The van der Waals surface area contributed by atoms with Crippen LogP contribution in [-0.4, -0.2) is 11.5 Å². The molecule has 2 aromatic rings. The Balaban J connectivity index is 2.29. The SMILES string of the molecule is CCCNC(c1cncc(F)c1)c1ccc(CC)s1. The van der Waals surface area contributed by atoms with Crippen LogP contribution >= 0.6 is 11.3 Å². The zero-order valence-electron chi connectivity index (χ0n) is 11.3. The van der Waals surface area contributed by atoms with Crippen LogP contribution in [0.2, 0.25) is 0 Å². The fourth-order valence-corrected chi connectivity index (χ4v) is 3.05. The van der Waals surface area contributed by atoms with E-state index in [1.54, 1.807) is 23.6 Å². The fraction of sp³-hybridized carbons (Fsp3) is 0.400. The minimum Gasteiger partial charge on any atom is -0.306 e. The molecule has 1 N–H and O–H groups in total. The summed E-state index contributed by atoms with van der Waals surface area (Å²) < 4.78 is 13.3. The van der Waals surface area contributed by atoms with Crippen LogP contribution in [0.3, 0.4) is 0 Å². The van der Waals surface area contributed by atoms with Gasteiger partial charge in [-0.3, -0.25) is 4.98 Å². The molecule has 0 aliphatic carbocycles. The standard InChI is InChI=1S/C15H19FN2S/c1-3-7-18-15(11-8-12(16)10-17-9-11)14-6-5-13(4-2)19-14/h5-6,8-10,15,18H,3-4,7H2,1-2H3. The van der Waals surface area contributed by atoms with Crippen molar-refractivity contribution in [1.29, 1.82) is 0 Å². The van der Waals surface area contributed by atoms with Gasteiger partial charge in [0, 0.05) is 16.0 Å². The normalized spacial score (nSPS) is 12.6. The Bertz CT molecular complexity index is 524. The van der Waals surface area contributed by atoms with Gasteiger partial charge < -0.3 is 5.32 Å². The van der Waals surface area contributed by atoms with Crippen molar-refractivity contribution in [1.82, 2.24) is 10.3 Å². The van der Waals surface area contributed by atoms with Crippen LogP contribution in [0.1, 0.15) is 41.6 Å². The number of hydrogen-bond donors (Lipinski definition) is 1. The van der Waals surface area contributed by atoms with Gasteiger partial charge in [0.25, 0.3) is 0 Å². The summed E-state index contributed by atoms with van der Waals surface area (Å²) in [7, 11) is 0. The number of rotatable bonds is 6. The molecule has 0 aromatic carbocycles. The van der Waals surface area contributed by atoms with Crippen LogP contribution in [0.4, 0.5) is 4.39 Å². The summed E-state index contributed by atoms with van der Waals surface area (Å²) in [5.74, 6) is -0.284. The number of nitrogens with zero attached hydrogens (tertiary/aromatic N) is 1. The second-order valence-corrected chi connectivity index (χ2v) is 5.68. The Morgan fingerprint density at radius 1 is 1.32 bits per heavy atom. The second kappa shape index (κ2) is 6.78. The molecule has 2 rings (SSSR count). The van der Waals surface area contributed by atoms with E-state index in [1.165, 1.54) is 16.0 Å². The highest BCUT2D eigenvalue weighted by Crippen LogP contribution is 2.28. The lowest BCUT2D eigenvalue weighted by Crippen LogP contribution is -2.22. The lowest BCUT2D eigenvalue weighted by molar-refractivity contribution is 0.585. The van der Waals surface area contributed by atoms with E-state index in [2.05, 4.69) is 36.3 Å². The molecule has 0 fully saturated rings. The molecule has 2 heterocycles. The predicted molar refractivity (Wildman–Crippen MR) is 78.0 cm³/mol. The van der Waals surface area contributed by atoms with E-state index in [9.17, 15) is 4.39 Å². The molecule has 1 unspecified atom stereocenters. The Morgan fingerprint density at radius 2 is 2.16 bits per heavy atom. The first-order chi connectivity index (χ1) is 9.24. The van der Waals surface area contributed by atoms with Crippen molar-refractivity contribution >= 4 is 11.3 Å². The van der Waals surface area contributed by atoms with E-state index in [1.807, 2.05) is 0 Å². The molecule has 0 spiro atoms. The van der Waals surface area contributed by atoms with Crippen molar-refractivity contribution < 1.29 is 4.39 Å². The summed E-state index contributed by atoms with van der Waals surface area (Å²) >= 11 is 1.78. The van der Waals surface area contributed by atoms with Gasteiger partial charge in [0.05, 0.1) is 12.2 Å². The van der Waals surface area contributed by atoms with E-state index in [0.29, 0.717) is 0 Å². The third-order valence-electron chi connectivity index (χ3n) is 2.97. The average molecular weight is 278 g/mol. The quantitative estimate of drug-likeness (QED) is 0.866. The number of nitrogens with one attached hydrogen (secondary N) is 1. The van der Waals surface area contributed by atoms with Crippen molar-refractivity contribution in [2.24, 2.45) is 0 Å². The van der Waals surface area contributed by atoms with E-state index in [-0.39, 0.29) is 11.9 Å². The number of pyridine rings is 1. The van der Waals surface area contributed by atoms with Gasteiger partial charge in [-0.05, 0) is 43.1 Å². The van der Waals surface area contributed by atoms with Gasteiger partial charge in [0.1, 0.15) is 5.82 Å². The molecule has 1 atom stereocenters. The highest BCUT2D eigenvalue weighted by atomic mass is 32.1. The minimum atomic E-state index is -0.284. The first-order valence-electron chi connectivity index (χ1n) is 6.67. The van der Waals surface area contributed by atoms with Gasteiger partial charge in [-0.2, -0.15) is 0 Å². The second-order valence-electron chi connectivity index (χ2n) is 4.48. The fourth-order valence-electron chi connectivity index (χ4n) is 2.00. The summed E-state index contributed by atoms with van der Waals surface area (Å²) in [6.07, 6.45) is 5.06. The summed E-state index contributed by atoms with van der Waals surface area (Å²) in [6, 6.07) is 5.87. The van der Waals surface area contributed by atoms with E-state index < -0.39 is 0 Å². The van der Waals surface area contributed by atoms with Gasteiger partial charge in [0.15, 0.2) is 0 Å². The molecule has 0 bridgehead atoms. The predicted octanol–water partition coefficient (Wildman–Crippen LogP) is 3.93. The maximum absolute atomic E-state index is 13.3. The van der Waals surface area contributed by atoms with Gasteiger partial charge in [-0.25, -0.2) is 4.39 Å². The first-order valence-corrected chi connectivity index (χ1v) is 7.48. The monoisotopic (exact) mass is 278 g/mol. The van der Waals surface area contributed by atoms with Crippen LogP contribution in [0.15, 0.2) is 30.6 Å². The van der Waals surface area contributed by atoms with Gasteiger partial charge in [0.2, 0.25) is 0 Å². The Labute approximate surface area is 117 Å². The summed E-state index contributed by atoms with van der Waals surface area (Å²) in [5.41, 5.74) is 0.887. The van der Waals surface area contributed by atoms with Crippen LogP contribution in [-0.2, 0) is 6.42 Å². The van der Waals surface area contributed by atoms with Crippen molar-refractivity contribution in [2.75, 3.05) is 6.54 Å². The van der Waals surface area contributed by atoms with Crippen molar-refractivity contribution in [3.63, 3.8) is 0 Å². The van der Waals surface area contributed by atoms with Crippen molar-refractivity contribution in [3.8, 4) is 0 Å². The van der Waals surface area contributed by atoms with E-state index in [4.69, 9.17) is 0 Å². The Kier molecular flexibility index (Phi) is 5.05. The molecule has 2 nitrogen and oxygen atoms in total. The lowest BCUT2D eigenvalue weighted by atomic mass is 10.1. The number of thiophene rings is 1. The zero-order valence-corrected chi connectivity index (χ0v) is 12.1. The topological polar surface area (TPSA) is 24.9 Å². The largest absolute Gasteiger partial charge is 0.306 e. The number of halogens is 1. The van der Waals surface area contributed by atoms with Gasteiger partial charge in [-0.15, -0.1) is 11.3 Å². The van der Waals surface area contributed by atoms with Crippen molar-refractivity contribution in [3.05, 3.63) is 51.7 Å². The summed E-state index contributed by atoms with van der Waals surface area (Å²) in [5, 5.41) is 3.47. The third kappa shape index (κ3) is 3.61. The lowest BCUT2D eigenvalue weighted by Gasteiger charge is -2.17. The van der Waals surface area contributed by atoms with E-state index >= 15 is 0 Å². The first kappa shape index (κ1) is 14.2. The van der Waals surface area contributed by atoms with E-state index in [0.717, 1.165) is 24.9 Å². The molecule has 0 aliphatic rings. The minimum absolute atomic E-state index is 0.0356. The zero-order chi connectivity index (χ0) is 13.7. The molecule has 0 amide bonds. The molecular formula is C15H19FN2S. The molecule has 0 aliphatic heterocycles. The molecule has 2 aromatic heterocycles. The third-order valence-corrected chi connectivity index (χ3v) is 4.27. The van der Waals surface area contributed by atoms with Crippen LogP contribution < -0.4 is 5.32 Å². The smallest absolute Gasteiger partial charge is 0.141 e. The summed E-state index contributed by atoms with van der Waals surface area (Å²) in [4.78, 5) is 6.53.